The van der Waals surface area contributed by atoms with Crippen molar-refractivity contribution in [2.45, 2.75) is 12.6 Å². The van der Waals surface area contributed by atoms with Gasteiger partial charge in [0, 0.05) is 30.7 Å². The highest BCUT2D eigenvalue weighted by Crippen LogP contribution is 2.33. The number of amides is 2. The summed E-state index contributed by atoms with van der Waals surface area (Å²) >= 11 is 0. The first kappa shape index (κ1) is 15.4. The average molecular weight is 335 g/mol. The lowest BCUT2D eigenvalue weighted by molar-refractivity contribution is 0.182. The Hall–Kier alpha value is -3.08. The van der Waals surface area contributed by atoms with E-state index in [0.717, 1.165) is 23.5 Å². The van der Waals surface area contributed by atoms with Gasteiger partial charge in [0.25, 0.3) is 0 Å². The minimum absolute atomic E-state index is 0.159. The number of anilines is 1. The maximum atomic E-state index is 13.3. The lowest BCUT2D eigenvalue weighted by Gasteiger charge is -2.37. The number of carbonyl (C=O) groups excluding carboxylic acids is 1. The molecular weight excluding hydrogens is 317 g/mol. The van der Waals surface area contributed by atoms with Crippen LogP contribution in [0, 0.1) is 5.82 Å². The lowest BCUT2D eigenvalue weighted by Crippen LogP contribution is -2.44. The van der Waals surface area contributed by atoms with E-state index < -0.39 is 0 Å². The molecule has 1 unspecified atom stereocenters. The highest BCUT2D eigenvalue weighted by molar-refractivity contribution is 5.90. The first-order valence-electron chi connectivity index (χ1n) is 8.25. The van der Waals surface area contributed by atoms with Gasteiger partial charge in [-0.1, -0.05) is 30.3 Å². The number of carbonyl (C=O) groups is 1. The van der Waals surface area contributed by atoms with Crippen LogP contribution in [0.4, 0.5) is 14.9 Å². The highest BCUT2D eigenvalue weighted by Gasteiger charge is 2.32. The van der Waals surface area contributed by atoms with Crippen molar-refractivity contribution in [1.82, 2.24) is 9.47 Å². The van der Waals surface area contributed by atoms with Crippen LogP contribution in [-0.4, -0.2) is 22.0 Å². The normalized spacial score (nSPS) is 16.4. The predicted molar refractivity (Wildman–Crippen MR) is 94.8 cm³/mol. The lowest BCUT2D eigenvalue weighted by atomic mass is 10.0. The molecule has 5 heteroatoms. The summed E-state index contributed by atoms with van der Waals surface area (Å²) in [6, 6.07) is 19.3. The van der Waals surface area contributed by atoms with Crippen LogP contribution in [0.5, 0.6) is 0 Å². The molecule has 0 fully saturated rings. The van der Waals surface area contributed by atoms with E-state index in [1.807, 2.05) is 48.7 Å². The van der Waals surface area contributed by atoms with Crippen LogP contribution in [0.3, 0.4) is 0 Å². The minimum Gasteiger partial charge on any atom is -0.348 e. The number of halogens is 1. The van der Waals surface area contributed by atoms with Gasteiger partial charge in [0.05, 0.1) is 6.04 Å². The number of hydrogen-bond donors (Lipinski definition) is 1. The topological polar surface area (TPSA) is 37.3 Å². The first-order valence-corrected chi connectivity index (χ1v) is 8.25. The SMILES string of the molecule is O=C(Nc1ccccc1)N1CCn2cccc2C1c1ccc(F)cc1. The molecule has 0 bridgehead atoms. The fraction of sp³-hybridized carbons (Fsp3) is 0.150. The van der Waals surface area contributed by atoms with E-state index in [2.05, 4.69) is 9.88 Å². The fourth-order valence-corrected chi connectivity index (χ4v) is 3.31. The number of benzene rings is 2. The Morgan fingerprint density at radius 1 is 0.960 bits per heavy atom. The number of nitrogens with zero attached hydrogens (tertiary/aromatic N) is 2. The monoisotopic (exact) mass is 335 g/mol. The second kappa shape index (κ2) is 6.43. The summed E-state index contributed by atoms with van der Waals surface area (Å²) in [4.78, 5) is 14.7. The zero-order chi connectivity index (χ0) is 17.2. The van der Waals surface area contributed by atoms with Crippen LogP contribution < -0.4 is 5.32 Å². The molecule has 25 heavy (non-hydrogen) atoms. The number of hydrogen-bond acceptors (Lipinski definition) is 1. The van der Waals surface area contributed by atoms with Gasteiger partial charge in [0.1, 0.15) is 5.82 Å². The molecule has 1 atom stereocenters. The fourth-order valence-electron chi connectivity index (χ4n) is 3.31. The van der Waals surface area contributed by atoms with Gasteiger partial charge in [-0.2, -0.15) is 0 Å². The first-order chi connectivity index (χ1) is 12.2. The zero-order valence-electron chi connectivity index (χ0n) is 13.6. The molecule has 4 rings (SSSR count). The molecule has 1 aliphatic heterocycles. The van der Waals surface area contributed by atoms with Crippen molar-refractivity contribution in [3.05, 3.63) is 90.0 Å². The van der Waals surface area contributed by atoms with Crippen molar-refractivity contribution in [1.29, 1.82) is 0 Å². The Morgan fingerprint density at radius 3 is 2.48 bits per heavy atom. The van der Waals surface area contributed by atoms with E-state index in [0.29, 0.717) is 6.54 Å². The van der Waals surface area contributed by atoms with E-state index in [-0.39, 0.29) is 17.9 Å². The Kier molecular flexibility index (Phi) is 3.98. The summed E-state index contributed by atoms with van der Waals surface area (Å²) in [5.41, 5.74) is 2.68. The van der Waals surface area contributed by atoms with Crippen molar-refractivity contribution >= 4 is 11.7 Å². The molecule has 0 spiro atoms. The molecule has 2 aromatic carbocycles. The molecule has 126 valence electrons. The van der Waals surface area contributed by atoms with Crippen molar-refractivity contribution < 1.29 is 9.18 Å². The van der Waals surface area contributed by atoms with E-state index >= 15 is 0 Å². The summed E-state index contributed by atoms with van der Waals surface area (Å²) in [5.74, 6) is -0.282. The Balaban J connectivity index is 1.68. The predicted octanol–water partition coefficient (Wildman–Crippen LogP) is 4.26. The summed E-state index contributed by atoms with van der Waals surface area (Å²) in [5, 5.41) is 2.95. The molecule has 0 aliphatic carbocycles. The van der Waals surface area contributed by atoms with Crippen molar-refractivity contribution in [3.63, 3.8) is 0 Å². The van der Waals surface area contributed by atoms with Gasteiger partial charge in [-0.05, 0) is 42.0 Å². The third kappa shape index (κ3) is 3.01. The number of fused-ring (bicyclic) bond motifs is 1. The van der Waals surface area contributed by atoms with Crippen LogP contribution in [0.2, 0.25) is 0 Å². The van der Waals surface area contributed by atoms with E-state index in [4.69, 9.17) is 0 Å². The van der Waals surface area contributed by atoms with Crippen LogP contribution >= 0.6 is 0 Å². The average Bonchev–Trinajstić information content (AvgIpc) is 3.11. The Morgan fingerprint density at radius 2 is 1.72 bits per heavy atom. The van der Waals surface area contributed by atoms with Crippen LogP contribution in [0.1, 0.15) is 17.3 Å². The summed E-state index contributed by atoms with van der Waals surface area (Å²) < 4.78 is 15.5. The standard InChI is InChI=1S/C20H18FN3O/c21-16-10-8-15(9-11-16)19-18-7-4-12-23(18)13-14-24(19)20(25)22-17-5-2-1-3-6-17/h1-12,19H,13-14H2,(H,22,25). The smallest absolute Gasteiger partial charge is 0.322 e. The van der Waals surface area contributed by atoms with Gasteiger partial charge >= 0.3 is 6.03 Å². The van der Waals surface area contributed by atoms with Crippen LogP contribution in [0.25, 0.3) is 0 Å². The zero-order valence-corrected chi connectivity index (χ0v) is 13.6. The molecule has 0 radical (unpaired) electrons. The summed E-state index contributed by atoms with van der Waals surface area (Å²) in [6.45, 7) is 1.32. The van der Waals surface area contributed by atoms with Crippen molar-refractivity contribution in [3.8, 4) is 0 Å². The minimum atomic E-state index is -0.282. The molecule has 1 N–H and O–H groups in total. The van der Waals surface area contributed by atoms with E-state index in [9.17, 15) is 9.18 Å². The molecule has 2 amide bonds. The summed E-state index contributed by atoms with van der Waals surface area (Å²) in [7, 11) is 0. The second-order valence-corrected chi connectivity index (χ2v) is 6.07. The van der Waals surface area contributed by atoms with Gasteiger partial charge in [-0.15, -0.1) is 0 Å². The molecular formula is C20H18FN3O. The number of urea groups is 1. The number of rotatable bonds is 2. The summed E-state index contributed by atoms with van der Waals surface area (Å²) in [6.07, 6.45) is 2.01. The quantitative estimate of drug-likeness (QED) is 0.746. The van der Waals surface area contributed by atoms with Gasteiger partial charge in [0.15, 0.2) is 0 Å². The highest BCUT2D eigenvalue weighted by atomic mass is 19.1. The Labute approximate surface area is 145 Å². The van der Waals surface area contributed by atoms with Crippen molar-refractivity contribution in [2.24, 2.45) is 0 Å². The number of para-hydroxylation sites is 1. The second-order valence-electron chi connectivity index (χ2n) is 6.07. The number of nitrogens with one attached hydrogen (secondary N) is 1. The third-order valence-electron chi connectivity index (χ3n) is 4.51. The molecule has 2 heterocycles. The van der Waals surface area contributed by atoms with Gasteiger partial charge in [-0.25, -0.2) is 9.18 Å². The maximum absolute atomic E-state index is 13.3. The van der Waals surface area contributed by atoms with E-state index in [1.54, 1.807) is 17.0 Å². The molecule has 4 nitrogen and oxygen atoms in total. The largest absolute Gasteiger partial charge is 0.348 e. The number of aromatic nitrogens is 1. The van der Waals surface area contributed by atoms with Gasteiger partial charge in [0.2, 0.25) is 0 Å². The van der Waals surface area contributed by atoms with Crippen LogP contribution in [-0.2, 0) is 6.54 Å². The molecule has 0 saturated carbocycles. The van der Waals surface area contributed by atoms with Crippen molar-refractivity contribution in [2.75, 3.05) is 11.9 Å². The molecule has 3 aromatic rings. The third-order valence-corrected chi connectivity index (χ3v) is 4.51. The molecule has 1 aromatic heterocycles. The maximum Gasteiger partial charge on any atom is 0.322 e. The molecule has 1 aliphatic rings. The Bertz CT molecular complexity index is 873. The van der Waals surface area contributed by atoms with Crippen LogP contribution in [0.15, 0.2) is 72.9 Å². The van der Waals surface area contributed by atoms with E-state index in [1.165, 1.54) is 12.1 Å². The van der Waals surface area contributed by atoms with Gasteiger partial charge in [-0.3, -0.25) is 0 Å². The molecule has 0 saturated heterocycles. The van der Waals surface area contributed by atoms with Gasteiger partial charge < -0.3 is 14.8 Å².